The van der Waals surface area contributed by atoms with Gasteiger partial charge in [-0.2, -0.15) is 0 Å². The molecule has 0 amide bonds. The molecule has 3 aromatic rings. The standard InChI is InChI=1S/C18H26N4O2S.C6H6.C2H6.3H2/c1-14(15-6-8-16(9-7-15)25(2,23)24)13-20-10-4-12-21-17-5-3-11-22-18(17)19;1-2-4-6-5-3-1;1-2;;;/h3,5-9,11,14,20-21H,4,10,12-13H2,1-2H3,(H2,19,22);1-6H;1-2H3;3*1H/t14-;;;;;/m1...../s1. The van der Waals surface area contributed by atoms with Gasteiger partial charge in [0.15, 0.2) is 9.84 Å². The molecule has 0 fully saturated rings. The molecule has 0 aliphatic carbocycles. The molecule has 0 bridgehead atoms. The third-order valence-electron chi connectivity index (χ3n) is 4.68. The van der Waals surface area contributed by atoms with Crippen molar-refractivity contribution in [1.82, 2.24) is 10.3 Å². The number of pyridine rings is 1. The van der Waals surface area contributed by atoms with E-state index >= 15 is 0 Å². The van der Waals surface area contributed by atoms with E-state index in [1.165, 1.54) is 6.26 Å². The SMILES string of the molecule is CC.C[C@H](CNCCCNc1cccnc1N)c1ccc(S(C)(=O)=O)cc1.[HH].[HH].[HH].c1ccccc1. The molecule has 3 rings (SSSR count). The average molecular weight is 477 g/mol. The molecule has 0 radical (unpaired) electrons. The summed E-state index contributed by atoms with van der Waals surface area (Å²) in [6.07, 6.45) is 3.86. The minimum Gasteiger partial charge on any atom is -0.382 e. The third kappa shape index (κ3) is 11.5. The summed E-state index contributed by atoms with van der Waals surface area (Å²) in [6, 6.07) is 22.9. The van der Waals surface area contributed by atoms with Crippen LogP contribution in [0.2, 0.25) is 0 Å². The highest BCUT2D eigenvalue weighted by Gasteiger charge is 2.09. The smallest absolute Gasteiger partial charge is 0.175 e. The van der Waals surface area contributed by atoms with Crippen molar-refractivity contribution >= 4 is 21.3 Å². The molecule has 33 heavy (non-hydrogen) atoms. The van der Waals surface area contributed by atoms with Crippen LogP contribution in [-0.4, -0.2) is 39.3 Å². The maximum Gasteiger partial charge on any atom is 0.175 e. The topological polar surface area (TPSA) is 97.1 Å². The Balaban J connectivity index is -0.000000856. The Hall–Kier alpha value is -2.90. The van der Waals surface area contributed by atoms with Gasteiger partial charge < -0.3 is 16.4 Å². The monoisotopic (exact) mass is 476 g/mol. The molecule has 0 unspecified atom stereocenters. The lowest BCUT2D eigenvalue weighted by Gasteiger charge is -2.14. The van der Waals surface area contributed by atoms with Gasteiger partial charge in [-0.3, -0.25) is 0 Å². The van der Waals surface area contributed by atoms with Crippen LogP contribution in [0.1, 0.15) is 43.0 Å². The molecule has 0 saturated heterocycles. The highest BCUT2D eigenvalue weighted by atomic mass is 32.2. The number of aromatic nitrogens is 1. The highest BCUT2D eigenvalue weighted by molar-refractivity contribution is 7.90. The van der Waals surface area contributed by atoms with E-state index in [0.29, 0.717) is 16.6 Å². The van der Waals surface area contributed by atoms with Crippen LogP contribution in [0, 0.1) is 0 Å². The summed E-state index contributed by atoms with van der Waals surface area (Å²) in [5.41, 5.74) is 7.77. The molecular weight excluding hydrogens is 432 g/mol. The second-order valence-electron chi connectivity index (χ2n) is 7.32. The molecule has 0 saturated carbocycles. The van der Waals surface area contributed by atoms with E-state index in [1.807, 2.05) is 74.5 Å². The summed E-state index contributed by atoms with van der Waals surface area (Å²) in [7, 11) is -3.13. The first-order chi connectivity index (χ1) is 15.9. The second kappa shape index (κ2) is 15.8. The lowest BCUT2D eigenvalue weighted by Crippen LogP contribution is -2.23. The molecule has 1 atom stereocenters. The molecule has 0 spiro atoms. The van der Waals surface area contributed by atoms with E-state index in [9.17, 15) is 8.42 Å². The molecule has 1 heterocycles. The normalized spacial score (nSPS) is 11.3. The maximum absolute atomic E-state index is 11.5. The molecule has 0 aliphatic heterocycles. The number of hydrogen-bond acceptors (Lipinski definition) is 6. The maximum atomic E-state index is 11.5. The zero-order valence-electron chi connectivity index (χ0n) is 20.2. The summed E-state index contributed by atoms with van der Waals surface area (Å²) in [6.45, 7) is 8.67. The molecule has 1 aromatic heterocycles. The summed E-state index contributed by atoms with van der Waals surface area (Å²) in [4.78, 5) is 4.39. The van der Waals surface area contributed by atoms with E-state index in [4.69, 9.17) is 5.73 Å². The Labute approximate surface area is 204 Å². The van der Waals surface area contributed by atoms with Gasteiger partial charge in [0.2, 0.25) is 0 Å². The van der Waals surface area contributed by atoms with Gasteiger partial charge in [0, 0.05) is 29.8 Å². The Morgan fingerprint density at radius 1 is 0.939 bits per heavy atom. The summed E-state index contributed by atoms with van der Waals surface area (Å²) in [5.74, 6) is 0.831. The Bertz CT molecular complexity index is 983. The van der Waals surface area contributed by atoms with Crippen molar-refractivity contribution in [2.24, 2.45) is 0 Å². The predicted molar refractivity (Wildman–Crippen MR) is 147 cm³/mol. The molecule has 4 N–H and O–H groups in total. The van der Waals surface area contributed by atoms with Gasteiger partial charge in [-0.1, -0.05) is 69.3 Å². The minimum atomic E-state index is -3.13. The van der Waals surface area contributed by atoms with E-state index in [0.717, 1.165) is 37.3 Å². The van der Waals surface area contributed by atoms with E-state index in [2.05, 4.69) is 22.5 Å². The van der Waals surface area contributed by atoms with Crippen LogP contribution < -0.4 is 16.4 Å². The molecule has 186 valence electrons. The van der Waals surface area contributed by atoms with Crippen molar-refractivity contribution in [2.75, 3.05) is 36.9 Å². The fraction of sp³-hybridized carbons (Fsp3) is 0.346. The molecule has 7 heteroatoms. The van der Waals surface area contributed by atoms with Crippen molar-refractivity contribution in [3.63, 3.8) is 0 Å². The first-order valence-electron chi connectivity index (χ1n) is 11.3. The molecule has 0 aliphatic rings. The van der Waals surface area contributed by atoms with Gasteiger partial charge in [-0.25, -0.2) is 13.4 Å². The number of rotatable bonds is 9. The Kier molecular flexibility index (Phi) is 13.5. The fourth-order valence-electron chi connectivity index (χ4n) is 2.87. The quantitative estimate of drug-likeness (QED) is 0.342. The number of nitrogen functional groups attached to an aromatic ring is 1. The molecular formula is C26H44N4O2S. The van der Waals surface area contributed by atoms with Crippen molar-refractivity contribution in [3.8, 4) is 0 Å². The van der Waals surface area contributed by atoms with Crippen molar-refractivity contribution in [2.45, 2.75) is 38.0 Å². The zero-order valence-corrected chi connectivity index (χ0v) is 21.0. The van der Waals surface area contributed by atoms with E-state index in [-0.39, 0.29) is 4.28 Å². The molecule has 2 aromatic carbocycles. The molecule has 6 nitrogen and oxygen atoms in total. The number of nitrogens with one attached hydrogen (secondary N) is 2. The van der Waals surface area contributed by atoms with Crippen molar-refractivity contribution < 1.29 is 12.7 Å². The zero-order chi connectivity index (χ0) is 24.5. The number of nitrogens with two attached hydrogens (primary N) is 1. The van der Waals surface area contributed by atoms with Crippen LogP contribution in [-0.2, 0) is 9.84 Å². The van der Waals surface area contributed by atoms with Gasteiger partial charge >= 0.3 is 0 Å². The van der Waals surface area contributed by atoms with Gasteiger partial charge in [-0.15, -0.1) is 0 Å². The second-order valence-corrected chi connectivity index (χ2v) is 9.33. The summed E-state index contributed by atoms with van der Waals surface area (Å²) >= 11 is 0. The third-order valence-corrected chi connectivity index (χ3v) is 5.81. The minimum absolute atomic E-state index is 0. The first kappa shape index (κ1) is 28.1. The lowest BCUT2D eigenvalue weighted by atomic mass is 10.0. The number of hydrogen-bond donors (Lipinski definition) is 3. The lowest BCUT2D eigenvalue weighted by molar-refractivity contribution is 0.599. The first-order valence-corrected chi connectivity index (χ1v) is 13.2. The average Bonchev–Trinajstić information content (AvgIpc) is 2.84. The van der Waals surface area contributed by atoms with E-state index < -0.39 is 9.84 Å². The van der Waals surface area contributed by atoms with Crippen LogP contribution in [0.4, 0.5) is 11.5 Å². The number of sulfone groups is 1. The number of nitrogens with zero attached hydrogens (tertiary/aromatic N) is 1. The van der Waals surface area contributed by atoms with Crippen LogP contribution in [0.25, 0.3) is 0 Å². The van der Waals surface area contributed by atoms with Crippen LogP contribution in [0.15, 0.2) is 83.9 Å². The Morgan fingerprint density at radius 2 is 1.52 bits per heavy atom. The summed E-state index contributed by atoms with van der Waals surface area (Å²) < 4.78 is 23.0. The van der Waals surface area contributed by atoms with Crippen LogP contribution >= 0.6 is 0 Å². The largest absolute Gasteiger partial charge is 0.382 e. The van der Waals surface area contributed by atoms with Crippen LogP contribution in [0.5, 0.6) is 0 Å². The van der Waals surface area contributed by atoms with Crippen LogP contribution in [0.3, 0.4) is 0 Å². The number of anilines is 2. The van der Waals surface area contributed by atoms with Crippen molar-refractivity contribution in [1.29, 1.82) is 0 Å². The number of benzene rings is 2. The van der Waals surface area contributed by atoms with E-state index in [1.54, 1.807) is 18.3 Å². The van der Waals surface area contributed by atoms with Gasteiger partial charge in [0.1, 0.15) is 5.82 Å². The highest BCUT2D eigenvalue weighted by Crippen LogP contribution is 2.17. The van der Waals surface area contributed by atoms with Gasteiger partial charge in [0.25, 0.3) is 0 Å². The summed E-state index contributed by atoms with van der Waals surface area (Å²) in [5, 5.41) is 6.69. The fourth-order valence-corrected chi connectivity index (χ4v) is 3.50. The Morgan fingerprint density at radius 3 is 2.03 bits per heavy atom. The predicted octanol–water partition coefficient (Wildman–Crippen LogP) is 5.71. The van der Waals surface area contributed by atoms with Gasteiger partial charge in [0.05, 0.1) is 10.6 Å². The van der Waals surface area contributed by atoms with Crippen molar-refractivity contribution in [3.05, 3.63) is 84.6 Å². The van der Waals surface area contributed by atoms with Gasteiger partial charge in [-0.05, 0) is 48.7 Å².